The Morgan fingerprint density at radius 3 is 3.00 bits per heavy atom. The molecule has 0 aliphatic heterocycles. The van der Waals surface area contributed by atoms with Crippen molar-refractivity contribution in [2.75, 3.05) is 0 Å². The van der Waals surface area contributed by atoms with Crippen molar-refractivity contribution in [2.24, 2.45) is 5.92 Å². The second-order valence-electron chi connectivity index (χ2n) is 5.63. The maximum atomic E-state index is 9.95. The van der Waals surface area contributed by atoms with Crippen molar-refractivity contribution in [3.8, 4) is 0 Å². The van der Waals surface area contributed by atoms with Crippen LogP contribution in [0.15, 0.2) is 18.3 Å². The molecule has 1 aromatic rings. The van der Waals surface area contributed by atoms with Gasteiger partial charge in [0.1, 0.15) is 0 Å². The summed E-state index contributed by atoms with van der Waals surface area (Å²) in [6.07, 6.45) is 10.0. The number of pyridine rings is 1. The van der Waals surface area contributed by atoms with Gasteiger partial charge in [0.2, 0.25) is 0 Å². The summed E-state index contributed by atoms with van der Waals surface area (Å²) in [5, 5.41) is 9.95. The second kappa shape index (κ2) is 4.77. The summed E-state index contributed by atoms with van der Waals surface area (Å²) in [4.78, 5) is 4.59. The molecule has 0 saturated heterocycles. The molecular weight excluding hydrogens is 210 g/mol. The minimum absolute atomic E-state index is 0.0738. The van der Waals surface area contributed by atoms with Crippen molar-refractivity contribution in [3.05, 3.63) is 29.6 Å². The fourth-order valence-corrected chi connectivity index (χ4v) is 3.64. The first-order chi connectivity index (χ1) is 8.34. The van der Waals surface area contributed by atoms with Crippen molar-refractivity contribution in [1.82, 2.24) is 4.98 Å². The van der Waals surface area contributed by atoms with Gasteiger partial charge in [0.25, 0.3) is 0 Å². The van der Waals surface area contributed by atoms with Crippen molar-refractivity contribution in [1.29, 1.82) is 0 Å². The molecule has 1 N–H and O–H groups in total. The van der Waals surface area contributed by atoms with E-state index in [2.05, 4.69) is 11.1 Å². The number of fused-ring (bicyclic) bond motifs is 1. The zero-order valence-electron chi connectivity index (χ0n) is 10.3. The van der Waals surface area contributed by atoms with Crippen LogP contribution in [0.2, 0.25) is 0 Å². The van der Waals surface area contributed by atoms with Crippen LogP contribution in [-0.4, -0.2) is 16.2 Å². The third kappa shape index (κ3) is 2.23. The predicted molar refractivity (Wildman–Crippen MR) is 67.9 cm³/mol. The fourth-order valence-electron chi connectivity index (χ4n) is 3.64. The maximum Gasteiger partial charge on any atom is 0.0543 e. The predicted octanol–water partition coefficient (Wildman–Crippen LogP) is 3.05. The quantitative estimate of drug-likeness (QED) is 0.754. The molecule has 2 nitrogen and oxygen atoms in total. The smallest absolute Gasteiger partial charge is 0.0543 e. The number of aliphatic hydroxyl groups is 1. The Morgan fingerprint density at radius 2 is 2.06 bits per heavy atom. The third-order valence-corrected chi connectivity index (χ3v) is 4.51. The standard InChI is InChI=1S/C15H21NO/c17-13-6-2-1-4-12(10-13)14-8-7-11-5-3-9-16-15(11)14/h3,5,9,12-14,17H,1-2,4,6-8,10H2. The number of nitrogens with zero attached hydrogens (tertiary/aromatic N) is 1. The van der Waals surface area contributed by atoms with Crippen LogP contribution in [0.4, 0.5) is 0 Å². The lowest BCUT2D eigenvalue weighted by atomic mass is 9.84. The van der Waals surface area contributed by atoms with Gasteiger partial charge in [-0.15, -0.1) is 0 Å². The molecular formula is C15H21NO. The van der Waals surface area contributed by atoms with E-state index in [4.69, 9.17) is 0 Å². The zero-order valence-corrected chi connectivity index (χ0v) is 10.3. The van der Waals surface area contributed by atoms with Crippen LogP contribution < -0.4 is 0 Å². The summed E-state index contributed by atoms with van der Waals surface area (Å²) in [6, 6.07) is 4.26. The van der Waals surface area contributed by atoms with Crippen molar-refractivity contribution >= 4 is 0 Å². The Kier molecular flexibility index (Phi) is 3.15. The van der Waals surface area contributed by atoms with E-state index in [9.17, 15) is 5.11 Å². The normalized spacial score (nSPS) is 33.1. The molecule has 2 aliphatic rings. The van der Waals surface area contributed by atoms with Crippen LogP contribution in [0.3, 0.4) is 0 Å². The molecule has 17 heavy (non-hydrogen) atoms. The van der Waals surface area contributed by atoms with Crippen molar-refractivity contribution in [2.45, 2.75) is 57.0 Å². The highest BCUT2D eigenvalue weighted by molar-refractivity contribution is 5.29. The summed E-state index contributed by atoms with van der Waals surface area (Å²) >= 11 is 0. The Labute approximate surface area is 103 Å². The largest absolute Gasteiger partial charge is 0.393 e. The first kappa shape index (κ1) is 11.2. The highest BCUT2D eigenvalue weighted by Gasteiger charge is 2.32. The van der Waals surface area contributed by atoms with E-state index >= 15 is 0 Å². The number of aryl methyl sites for hydroxylation is 1. The lowest BCUT2D eigenvalue weighted by Gasteiger charge is -2.23. The van der Waals surface area contributed by atoms with Gasteiger partial charge in [0, 0.05) is 17.8 Å². The van der Waals surface area contributed by atoms with Gasteiger partial charge in [-0.25, -0.2) is 0 Å². The first-order valence-electron chi connectivity index (χ1n) is 6.96. The minimum atomic E-state index is -0.0738. The summed E-state index contributed by atoms with van der Waals surface area (Å²) in [5.74, 6) is 1.27. The van der Waals surface area contributed by atoms with E-state index in [0.717, 1.165) is 12.8 Å². The second-order valence-corrected chi connectivity index (χ2v) is 5.63. The number of hydrogen-bond acceptors (Lipinski definition) is 2. The molecule has 3 unspecified atom stereocenters. The van der Waals surface area contributed by atoms with Crippen LogP contribution in [0.25, 0.3) is 0 Å². The van der Waals surface area contributed by atoms with Gasteiger partial charge in [-0.3, -0.25) is 4.98 Å². The number of aromatic nitrogens is 1. The Hall–Kier alpha value is -0.890. The molecule has 0 radical (unpaired) electrons. The Balaban J connectivity index is 1.81. The van der Waals surface area contributed by atoms with E-state index < -0.39 is 0 Å². The first-order valence-corrected chi connectivity index (χ1v) is 6.96. The lowest BCUT2D eigenvalue weighted by molar-refractivity contribution is 0.134. The average Bonchev–Trinajstić information content (AvgIpc) is 2.66. The van der Waals surface area contributed by atoms with Crippen molar-refractivity contribution < 1.29 is 5.11 Å². The van der Waals surface area contributed by atoms with Gasteiger partial charge in [-0.05, 0) is 49.7 Å². The van der Waals surface area contributed by atoms with Gasteiger partial charge in [-0.2, -0.15) is 0 Å². The van der Waals surface area contributed by atoms with Crippen LogP contribution in [0, 0.1) is 5.92 Å². The van der Waals surface area contributed by atoms with E-state index in [-0.39, 0.29) is 6.10 Å². The molecule has 0 spiro atoms. The summed E-state index contributed by atoms with van der Waals surface area (Å²) in [5.41, 5.74) is 2.77. The van der Waals surface area contributed by atoms with Gasteiger partial charge in [0.15, 0.2) is 0 Å². The topological polar surface area (TPSA) is 33.1 Å². The maximum absolute atomic E-state index is 9.95. The zero-order chi connectivity index (χ0) is 11.7. The molecule has 1 saturated carbocycles. The lowest BCUT2D eigenvalue weighted by Crippen LogP contribution is -2.17. The molecule has 1 aromatic heterocycles. The molecule has 0 aromatic carbocycles. The van der Waals surface area contributed by atoms with Crippen LogP contribution >= 0.6 is 0 Å². The van der Waals surface area contributed by atoms with Gasteiger partial charge in [-0.1, -0.05) is 18.9 Å². The summed E-state index contributed by atoms with van der Waals surface area (Å²) in [7, 11) is 0. The summed E-state index contributed by atoms with van der Waals surface area (Å²) < 4.78 is 0. The third-order valence-electron chi connectivity index (χ3n) is 4.51. The highest BCUT2D eigenvalue weighted by Crippen LogP contribution is 2.42. The molecule has 0 bridgehead atoms. The number of aliphatic hydroxyl groups excluding tert-OH is 1. The number of hydrogen-bond donors (Lipinski definition) is 1. The summed E-state index contributed by atoms with van der Waals surface area (Å²) in [6.45, 7) is 0. The Morgan fingerprint density at radius 1 is 1.18 bits per heavy atom. The number of rotatable bonds is 1. The Bertz CT molecular complexity index is 390. The molecule has 3 atom stereocenters. The molecule has 2 heteroatoms. The highest BCUT2D eigenvalue weighted by atomic mass is 16.3. The average molecular weight is 231 g/mol. The molecule has 0 amide bonds. The van der Waals surface area contributed by atoms with E-state index in [1.807, 2.05) is 12.3 Å². The van der Waals surface area contributed by atoms with Gasteiger partial charge < -0.3 is 5.11 Å². The monoisotopic (exact) mass is 231 g/mol. The molecule has 1 heterocycles. The minimum Gasteiger partial charge on any atom is -0.393 e. The molecule has 92 valence electrons. The fraction of sp³-hybridized carbons (Fsp3) is 0.667. The van der Waals surface area contributed by atoms with Gasteiger partial charge >= 0.3 is 0 Å². The van der Waals surface area contributed by atoms with E-state index in [1.165, 1.54) is 43.4 Å². The molecule has 1 fully saturated rings. The molecule has 3 rings (SSSR count). The van der Waals surface area contributed by atoms with Crippen LogP contribution in [0.1, 0.15) is 55.7 Å². The SMILES string of the molecule is OC1CCCCC(C2CCc3cccnc32)C1. The molecule has 2 aliphatic carbocycles. The van der Waals surface area contributed by atoms with E-state index in [0.29, 0.717) is 11.8 Å². The van der Waals surface area contributed by atoms with Gasteiger partial charge in [0.05, 0.1) is 6.10 Å². The van der Waals surface area contributed by atoms with E-state index in [1.54, 1.807) is 0 Å². The van der Waals surface area contributed by atoms with Crippen molar-refractivity contribution in [3.63, 3.8) is 0 Å². The van der Waals surface area contributed by atoms with Crippen LogP contribution in [-0.2, 0) is 6.42 Å². The van der Waals surface area contributed by atoms with Crippen LogP contribution in [0.5, 0.6) is 0 Å².